The van der Waals surface area contributed by atoms with Gasteiger partial charge in [-0.2, -0.15) is 0 Å². The lowest BCUT2D eigenvalue weighted by atomic mass is 10.1. The van der Waals surface area contributed by atoms with Crippen molar-refractivity contribution in [1.82, 2.24) is 0 Å². The Hall–Kier alpha value is -5.75. The van der Waals surface area contributed by atoms with Crippen LogP contribution < -0.4 is 0 Å². The van der Waals surface area contributed by atoms with Crippen molar-refractivity contribution in [3.63, 3.8) is 0 Å². The molecule has 0 rings (SSSR count). The van der Waals surface area contributed by atoms with E-state index in [0.717, 1.165) is 64.2 Å². The third-order valence-electron chi connectivity index (χ3n) is 9.39. The van der Waals surface area contributed by atoms with Gasteiger partial charge in [-0.25, -0.2) is 0 Å². The number of rotatable bonds is 41. The monoisotopic (exact) mass is 915 g/mol. The Bertz CT molecular complexity index is 1710. The molecule has 1 atom stereocenters. The van der Waals surface area contributed by atoms with Crippen LogP contribution >= 0.6 is 0 Å². The van der Waals surface area contributed by atoms with Crippen LogP contribution in [0.2, 0.25) is 0 Å². The number of ether oxygens (including phenoxy) is 3. The van der Waals surface area contributed by atoms with Gasteiger partial charge in [0.25, 0.3) is 0 Å². The van der Waals surface area contributed by atoms with Crippen LogP contribution in [0.4, 0.5) is 0 Å². The number of carbonyl (C=O) groups excluding carboxylic acids is 3. The minimum atomic E-state index is -0.867. The first-order chi connectivity index (χ1) is 33.0. The van der Waals surface area contributed by atoms with Crippen molar-refractivity contribution < 1.29 is 28.6 Å². The van der Waals surface area contributed by atoms with Crippen molar-refractivity contribution in [2.24, 2.45) is 0 Å². The highest BCUT2D eigenvalue weighted by molar-refractivity contribution is 5.71. The molecule has 1 unspecified atom stereocenters. The van der Waals surface area contributed by atoms with Gasteiger partial charge in [-0.1, -0.05) is 234 Å². The highest BCUT2D eigenvalue weighted by Gasteiger charge is 2.19. The molecular formula is C61H86O6. The molecule has 67 heavy (non-hydrogen) atoms. The second kappa shape index (κ2) is 52.9. The molecule has 6 nitrogen and oxygen atoms in total. The van der Waals surface area contributed by atoms with Crippen LogP contribution in [0.25, 0.3) is 0 Å². The molecule has 0 aliphatic heterocycles. The minimum Gasteiger partial charge on any atom is -0.462 e. The molecule has 0 aromatic rings. The summed E-state index contributed by atoms with van der Waals surface area (Å²) in [5.41, 5.74) is 0. The molecular weight excluding hydrogens is 829 g/mol. The zero-order valence-electron chi connectivity index (χ0n) is 41.6. The lowest BCUT2D eigenvalue weighted by Crippen LogP contribution is -2.30. The van der Waals surface area contributed by atoms with E-state index < -0.39 is 12.1 Å². The molecule has 0 bridgehead atoms. The van der Waals surface area contributed by atoms with E-state index in [1.165, 1.54) is 25.7 Å². The van der Waals surface area contributed by atoms with Gasteiger partial charge < -0.3 is 14.2 Å². The first kappa shape index (κ1) is 61.2. The van der Waals surface area contributed by atoms with Crippen LogP contribution in [0.15, 0.2) is 194 Å². The second-order valence-corrected chi connectivity index (χ2v) is 15.6. The Morgan fingerprint density at radius 1 is 0.328 bits per heavy atom. The van der Waals surface area contributed by atoms with Gasteiger partial charge >= 0.3 is 17.9 Å². The summed E-state index contributed by atoms with van der Waals surface area (Å²) in [7, 11) is 0. The Kier molecular flexibility index (Phi) is 48.3. The van der Waals surface area contributed by atoms with E-state index in [4.69, 9.17) is 14.2 Å². The lowest BCUT2D eigenvalue weighted by Gasteiger charge is -2.18. The van der Waals surface area contributed by atoms with Crippen LogP contribution in [0, 0.1) is 0 Å². The molecule has 0 heterocycles. The first-order valence-corrected chi connectivity index (χ1v) is 25.1. The predicted molar refractivity (Wildman–Crippen MR) is 287 cm³/mol. The van der Waals surface area contributed by atoms with Crippen LogP contribution in [-0.4, -0.2) is 37.2 Å². The van der Waals surface area contributed by atoms with Gasteiger partial charge in [0.05, 0.1) is 0 Å². The summed E-state index contributed by atoms with van der Waals surface area (Å²) < 4.78 is 16.6. The Balaban J connectivity index is 4.73. The molecule has 0 amide bonds. The molecule has 0 saturated heterocycles. The van der Waals surface area contributed by atoms with E-state index in [1.807, 2.05) is 128 Å². The minimum absolute atomic E-state index is 0.159. The molecule has 0 fully saturated rings. The normalized spacial score (nSPS) is 13.8. The van der Waals surface area contributed by atoms with Crippen LogP contribution in [-0.2, 0) is 28.6 Å². The Morgan fingerprint density at radius 3 is 1.09 bits per heavy atom. The van der Waals surface area contributed by atoms with E-state index in [9.17, 15) is 14.4 Å². The van der Waals surface area contributed by atoms with Gasteiger partial charge in [0.15, 0.2) is 6.10 Å². The summed E-state index contributed by atoms with van der Waals surface area (Å²) in [6.45, 7) is 6.12. The molecule has 0 aromatic carbocycles. The summed E-state index contributed by atoms with van der Waals surface area (Å²) in [6.07, 6.45) is 81.3. The SMILES string of the molecule is CC/C=C/C=C/C=C/C=C/C=C/C=C/C=C/CCCCCC(=O)OCC(COC(=O)CCC/C=C/C=C/C=C/C=C/C=C/CC)OC(=O)CCC/C=C/C/C=C/C/C=C/C/C=C/CCCCC. The number of carbonyl (C=O) groups is 3. The number of unbranched alkanes of at least 4 members (excludes halogenated alkanes) is 8. The van der Waals surface area contributed by atoms with Crippen molar-refractivity contribution >= 4 is 17.9 Å². The summed E-state index contributed by atoms with van der Waals surface area (Å²) in [4.78, 5) is 37.9. The van der Waals surface area contributed by atoms with Crippen LogP contribution in [0.5, 0.6) is 0 Å². The smallest absolute Gasteiger partial charge is 0.306 e. The largest absolute Gasteiger partial charge is 0.462 e. The van der Waals surface area contributed by atoms with Crippen molar-refractivity contribution in [2.45, 2.75) is 155 Å². The third-order valence-corrected chi connectivity index (χ3v) is 9.39. The Labute approximate surface area is 407 Å². The summed E-state index contributed by atoms with van der Waals surface area (Å²) in [5.74, 6) is -1.15. The van der Waals surface area contributed by atoms with Crippen LogP contribution in [0.3, 0.4) is 0 Å². The summed E-state index contributed by atoms with van der Waals surface area (Å²) in [6, 6.07) is 0. The van der Waals surface area contributed by atoms with E-state index in [1.54, 1.807) is 0 Å². The van der Waals surface area contributed by atoms with Gasteiger partial charge in [0.2, 0.25) is 0 Å². The molecule has 0 saturated carbocycles. The number of allylic oxidation sites excluding steroid dienone is 32. The van der Waals surface area contributed by atoms with Gasteiger partial charge in [0, 0.05) is 19.3 Å². The maximum absolute atomic E-state index is 12.8. The average molecular weight is 915 g/mol. The third kappa shape index (κ3) is 51.1. The fourth-order valence-electron chi connectivity index (χ4n) is 5.68. The standard InChI is InChI=1S/C61H86O6/c1-4-7-10-13-16-19-22-25-27-29-30-32-33-36-39-42-45-48-51-54-60(63)66-57-58(56-65-59(62)53-50-47-44-41-38-35-24-21-18-15-12-9-6-3)67-61(64)55-52-49-46-43-40-37-34-31-28-26-23-20-17-14-11-8-5-2/h7,9-10,12-13,15-22,24-30,32-39,41,43-44,46,58H,4-6,8,11,14,23,31,40,42,45,47-57H2,1-3H3/b10-7+,12-9+,16-13+,18-15+,20-17+,22-19+,24-21+,27-25+,28-26+,30-29+,33-32+,37-34+,38-35+,39-36+,44-41+,46-43+. The topological polar surface area (TPSA) is 78.9 Å². The fourth-order valence-corrected chi connectivity index (χ4v) is 5.68. The van der Waals surface area contributed by atoms with Crippen LogP contribution in [0.1, 0.15) is 149 Å². The molecule has 366 valence electrons. The zero-order chi connectivity index (χ0) is 48.6. The van der Waals surface area contributed by atoms with Gasteiger partial charge in [-0.3, -0.25) is 14.4 Å². The maximum atomic E-state index is 12.8. The molecule has 0 N–H and O–H groups in total. The lowest BCUT2D eigenvalue weighted by molar-refractivity contribution is -0.167. The molecule has 6 heteroatoms. The van der Waals surface area contributed by atoms with Gasteiger partial charge in [-0.15, -0.1) is 0 Å². The first-order valence-electron chi connectivity index (χ1n) is 25.1. The Morgan fingerprint density at radius 2 is 0.657 bits per heavy atom. The molecule has 0 radical (unpaired) electrons. The number of hydrogen-bond acceptors (Lipinski definition) is 6. The summed E-state index contributed by atoms with van der Waals surface area (Å²) in [5, 5.41) is 0. The average Bonchev–Trinajstić information content (AvgIpc) is 3.33. The van der Waals surface area contributed by atoms with E-state index in [2.05, 4.69) is 87.6 Å². The van der Waals surface area contributed by atoms with E-state index >= 15 is 0 Å². The van der Waals surface area contributed by atoms with Gasteiger partial charge in [0.1, 0.15) is 13.2 Å². The maximum Gasteiger partial charge on any atom is 0.306 e. The molecule has 0 aliphatic rings. The van der Waals surface area contributed by atoms with Crippen molar-refractivity contribution in [3.8, 4) is 0 Å². The van der Waals surface area contributed by atoms with Crippen molar-refractivity contribution in [2.75, 3.05) is 13.2 Å². The second-order valence-electron chi connectivity index (χ2n) is 15.6. The van der Waals surface area contributed by atoms with E-state index in [-0.39, 0.29) is 44.4 Å². The van der Waals surface area contributed by atoms with Crippen molar-refractivity contribution in [3.05, 3.63) is 194 Å². The van der Waals surface area contributed by atoms with Gasteiger partial charge in [-0.05, 0) is 89.9 Å². The highest BCUT2D eigenvalue weighted by atomic mass is 16.6. The fraction of sp³-hybridized carbons (Fsp3) is 0.426. The predicted octanol–water partition coefficient (Wildman–Crippen LogP) is 16.7. The highest BCUT2D eigenvalue weighted by Crippen LogP contribution is 2.09. The van der Waals surface area contributed by atoms with E-state index in [0.29, 0.717) is 19.3 Å². The van der Waals surface area contributed by atoms with Crippen molar-refractivity contribution in [1.29, 1.82) is 0 Å². The quantitative estimate of drug-likeness (QED) is 0.0200. The zero-order valence-corrected chi connectivity index (χ0v) is 41.6. The molecule has 0 spiro atoms. The number of hydrogen-bond donors (Lipinski definition) is 0. The molecule has 0 aromatic heterocycles. The summed E-state index contributed by atoms with van der Waals surface area (Å²) >= 11 is 0. The number of esters is 3. The molecule has 0 aliphatic carbocycles.